The minimum Gasteiger partial charge on any atom is -0.481 e. The minimum absolute atomic E-state index is 0.125. The van der Waals surface area contributed by atoms with Crippen LogP contribution in [0.4, 0.5) is 0 Å². The number of benzene rings is 2. The van der Waals surface area contributed by atoms with Crippen molar-refractivity contribution in [3.63, 3.8) is 0 Å². The molecule has 0 spiro atoms. The van der Waals surface area contributed by atoms with Crippen molar-refractivity contribution >= 4 is 29.1 Å². The van der Waals surface area contributed by atoms with Crippen LogP contribution >= 0.6 is 23.2 Å². The normalized spacial score (nSPS) is 10.5. The molecule has 3 aromatic rings. The van der Waals surface area contributed by atoms with Crippen LogP contribution in [0.1, 0.15) is 21.7 Å². The molecule has 1 heterocycles. The molecular weight excluding hydrogens is 401 g/mol. The maximum atomic E-state index is 12.5. The molecule has 1 aromatic heterocycles. The zero-order chi connectivity index (χ0) is 19.9. The van der Waals surface area contributed by atoms with Crippen LogP contribution in [0.5, 0.6) is 5.75 Å². The third kappa shape index (κ3) is 4.94. The Bertz CT molecular complexity index is 998. The maximum Gasteiger partial charge on any atom is 0.291 e. The lowest BCUT2D eigenvalue weighted by Crippen LogP contribution is -2.27. The Morgan fingerprint density at radius 3 is 2.43 bits per heavy atom. The predicted octanol–water partition coefficient (Wildman–Crippen LogP) is 4.50. The van der Waals surface area contributed by atoms with Crippen LogP contribution in [0.15, 0.2) is 70.1 Å². The van der Waals surface area contributed by atoms with E-state index in [-0.39, 0.29) is 24.7 Å². The topological polar surface area (TPSA) is 68.5 Å². The largest absolute Gasteiger partial charge is 0.481 e. The quantitative estimate of drug-likeness (QED) is 0.614. The fourth-order valence-corrected chi connectivity index (χ4v) is 3.17. The van der Waals surface area contributed by atoms with E-state index in [0.29, 0.717) is 16.5 Å². The summed E-state index contributed by atoms with van der Waals surface area (Å²) in [5, 5.41) is 3.75. The van der Waals surface area contributed by atoms with Crippen molar-refractivity contribution < 1.29 is 13.9 Å². The third-order valence-corrected chi connectivity index (χ3v) is 4.70. The van der Waals surface area contributed by atoms with Gasteiger partial charge in [0.1, 0.15) is 6.61 Å². The zero-order valence-corrected chi connectivity index (χ0v) is 16.3. The summed E-state index contributed by atoms with van der Waals surface area (Å²) in [5.74, 6) is -0.850. The van der Waals surface area contributed by atoms with Gasteiger partial charge in [0, 0.05) is 22.7 Å². The van der Waals surface area contributed by atoms with E-state index >= 15 is 0 Å². The number of carbonyl (C=O) groups is 1. The van der Waals surface area contributed by atoms with Crippen LogP contribution < -0.4 is 15.5 Å². The minimum atomic E-state index is -0.552. The summed E-state index contributed by atoms with van der Waals surface area (Å²) >= 11 is 12.3. The van der Waals surface area contributed by atoms with Gasteiger partial charge in [-0.25, -0.2) is 0 Å². The summed E-state index contributed by atoms with van der Waals surface area (Å²) in [7, 11) is 0. The van der Waals surface area contributed by atoms with Gasteiger partial charge in [0.2, 0.25) is 16.9 Å². The SMILES string of the molecule is O=C(NCCc1c(Cl)cccc1Cl)c1occc(=O)c1OCc1ccccc1. The predicted molar refractivity (Wildman–Crippen MR) is 108 cm³/mol. The van der Waals surface area contributed by atoms with E-state index in [1.54, 1.807) is 18.2 Å². The summed E-state index contributed by atoms with van der Waals surface area (Å²) in [6.07, 6.45) is 1.60. The molecular formula is C21H17Cl2NO4. The number of nitrogens with one attached hydrogen (secondary N) is 1. The number of hydrogen-bond donors (Lipinski definition) is 1. The Hall–Kier alpha value is -2.76. The Morgan fingerprint density at radius 2 is 1.71 bits per heavy atom. The second-order valence-electron chi connectivity index (χ2n) is 5.92. The molecule has 0 bridgehead atoms. The van der Waals surface area contributed by atoms with Gasteiger partial charge in [-0.3, -0.25) is 9.59 Å². The molecule has 0 aliphatic heterocycles. The fraction of sp³-hybridized carbons (Fsp3) is 0.143. The average molecular weight is 418 g/mol. The molecule has 0 aliphatic rings. The van der Waals surface area contributed by atoms with Crippen LogP contribution in [-0.4, -0.2) is 12.5 Å². The molecule has 0 atom stereocenters. The summed E-state index contributed by atoms with van der Waals surface area (Å²) in [5.41, 5.74) is 1.17. The molecule has 144 valence electrons. The molecule has 1 amide bonds. The van der Waals surface area contributed by atoms with E-state index < -0.39 is 11.3 Å². The molecule has 0 saturated carbocycles. The Kier molecular flexibility index (Phi) is 6.74. The van der Waals surface area contributed by atoms with Gasteiger partial charge < -0.3 is 14.5 Å². The fourth-order valence-electron chi connectivity index (χ4n) is 2.58. The summed E-state index contributed by atoms with van der Waals surface area (Å²) < 4.78 is 10.8. The number of ether oxygens (including phenoxy) is 1. The van der Waals surface area contributed by atoms with Crippen molar-refractivity contribution in [1.82, 2.24) is 5.32 Å². The highest BCUT2D eigenvalue weighted by Crippen LogP contribution is 2.24. The van der Waals surface area contributed by atoms with E-state index in [1.807, 2.05) is 30.3 Å². The Balaban J connectivity index is 1.68. The number of halogens is 2. The van der Waals surface area contributed by atoms with Crippen molar-refractivity contribution in [2.24, 2.45) is 0 Å². The van der Waals surface area contributed by atoms with Crippen molar-refractivity contribution in [3.05, 3.63) is 98.0 Å². The van der Waals surface area contributed by atoms with Crippen LogP contribution in [0.25, 0.3) is 0 Å². The number of amides is 1. The first kappa shape index (κ1) is 20.0. The van der Waals surface area contributed by atoms with E-state index in [0.717, 1.165) is 17.4 Å². The lowest BCUT2D eigenvalue weighted by molar-refractivity contribution is 0.0915. The number of hydrogen-bond acceptors (Lipinski definition) is 4. The van der Waals surface area contributed by atoms with E-state index in [4.69, 9.17) is 32.4 Å². The summed E-state index contributed by atoms with van der Waals surface area (Å²) in [6.45, 7) is 0.407. The molecule has 0 aliphatic carbocycles. The van der Waals surface area contributed by atoms with Crippen LogP contribution in [-0.2, 0) is 13.0 Å². The smallest absolute Gasteiger partial charge is 0.291 e. The van der Waals surface area contributed by atoms with Gasteiger partial charge in [0.25, 0.3) is 5.91 Å². The summed E-state index contributed by atoms with van der Waals surface area (Å²) in [4.78, 5) is 24.6. The van der Waals surface area contributed by atoms with E-state index in [2.05, 4.69) is 5.32 Å². The lowest BCUT2D eigenvalue weighted by atomic mass is 10.1. The number of carbonyl (C=O) groups excluding carboxylic acids is 1. The molecule has 0 saturated heterocycles. The van der Waals surface area contributed by atoms with Gasteiger partial charge >= 0.3 is 0 Å². The standard InChI is InChI=1S/C21H17Cl2NO4/c22-16-7-4-8-17(23)15(16)9-11-24-21(26)20-19(18(25)10-12-27-20)28-13-14-5-2-1-3-6-14/h1-8,10,12H,9,11,13H2,(H,24,26). The molecule has 3 rings (SSSR count). The van der Waals surface area contributed by atoms with Crippen LogP contribution in [0.2, 0.25) is 10.0 Å². The molecule has 0 fully saturated rings. The van der Waals surface area contributed by atoms with E-state index in [1.165, 1.54) is 6.07 Å². The highest BCUT2D eigenvalue weighted by Gasteiger charge is 2.19. The lowest BCUT2D eigenvalue weighted by Gasteiger charge is -2.11. The van der Waals surface area contributed by atoms with Gasteiger partial charge in [0.05, 0.1) is 6.26 Å². The molecule has 5 nitrogen and oxygen atoms in total. The highest BCUT2D eigenvalue weighted by atomic mass is 35.5. The molecule has 0 radical (unpaired) electrons. The molecule has 28 heavy (non-hydrogen) atoms. The Labute approximate surface area is 171 Å². The second kappa shape index (κ2) is 9.44. The van der Waals surface area contributed by atoms with E-state index in [9.17, 15) is 9.59 Å². The number of rotatable bonds is 7. The van der Waals surface area contributed by atoms with Crippen LogP contribution in [0.3, 0.4) is 0 Å². The molecule has 0 unspecified atom stereocenters. The maximum absolute atomic E-state index is 12.5. The van der Waals surface area contributed by atoms with Gasteiger partial charge in [-0.1, -0.05) is 59.6 Å². The summed E-state index contributed by atoms with van der Waals surface area (Å²) in [6, 6.07) is 15.7. The Morgan fingerprint density at radius 1 is 1.00 bits per heavy atom. The van der Waals surface area contributed by atoms with Gasteiger partial charge in [-0.15, -0.1) is 0 Å². The van der Waals surface area contributed by atoms with Crippen molar-refractivity contribution in [2.75, 3.05) is 6.54 Å². The van der Waals surface area contributed by atoms with Gasteiger partial charge in [-0.05, 0) is 29.7 Å². The monoisotopic (exact) mass is 417 g/mol. The average Bonchev–Trinajstić information content (AvgIpc) is 2.70. The zero-order valence-electron chi connectivity index (χ0n) is 14.8. The molecule has 7 heteroatoms. The highest BCUT2D eigenvalue weighted by molar-refractivity contribution is 6.36. The first-order chi connectivity index (χ1) is 13.6. The third-order valence-electron chi connectivity index (χ3n) is 3.99. The van der Waals surface area contributed by atoms with Gasteiger partial charge in [0.15, 0.2) is 0 Å². The van der Waals surface area contributed by atoms with Crippen molar-refractivity contribution in [2.45, 2.75) is 13.0 Å². The van der Waals surface area contributed by atoms with Gasteiger partial charge in [-0.2, -0.15) is 0 Å². The second-order valence-corrected chi connectivity index (χ2v) is 6.74. The first-order valence-corrected chi connectivity index (χ1v) is 9.31. The molecule has 1 N–H and O–H groups in total. The molecule has 2 aromatic carbocycles. The van der Waals surface area contributed by atoms with Crippen LogP contribution in [0, 0.1) is 0 Å². The van der Waals surface area contributed by atoms with Crippen molar-refractivity contribution in [1.29, 1.82) is 0 Å². The first-order valence-electron chi connectivity index (χ1n) is 8.56. The van der Waals surface area contributed by atoms with Crippen molar-refractivity contribution in [3.8, 4) is 5.75 Å².